The summed E-state index contributed by atoms with van der Waals surface area (Å²) in [7, 11) is 1.87. The Morgan fingerprint density at radius 1 is 1.00 bits per heavy atom. The van der Waals surface area contributed by atoms with Gasteiger partial charge in [0.2, 0.25) is 0 Å². The molecule has 7 heteroatoms. The maximum Gasteiger partial charge on any atom is 0.340 e. The molecule has 0 aliphatic carbocycles. The molecule has 0 bridgehead atoms. The van der Waals surface area contributed by atoms with E-state index in [0.717, 1.165) is 10.9 Å². The highest BCUT2D eigenvalue weighted by molar-refractivity contribution is 6.04. The summed E-state index contributed by atoms with van der Waals surface area (Å²) in [4.78, 5) is 28.8. The van der Waals surface area contributed by atoms with E-state index in [1.165, 1.54) is 6.07 Å². The average molecular weight is 409 g/mol. The molecule has 1 fully saturated rings. The number of aryl methyl sites for hydroxylation is 1. The van der Waals surface area contributed by atoms with E-state index in [9.17, 15) is 14.0 Å². The lowest BCUT2D eigenvalue weighted by Crippen LogP contribution is -2.49. The van der Waals surface area contributed by atoms with Gasteiger partial charge in [-0.2, -0.15) is 0 Å². The molecular formula is C23H24FN3O3. The first-order valence-corrected chi connectivity index (χ1v) is 9.97. The number of aromatic nitrogens is 1. The van der Waals surface area contributed by atoms with Gasteiger partial charge >= 0.3 is 5.97 Å². The Kier molecular flexibility index (Phi) is 5.81. The van der Waals surface area contributed by atoms with E-state index in [-0.39, 0.29) is 18.3 Å². The van der Waals surface area contributed by atoms with Crippen LogP contribution >= 0.6 is 0 Å². The minimum absolute atomic E-state index is 0.212. The van der Waals surface area contributed by atoms with Gasteiger partial charge in [-0.25, -0.2) is 9.18 Å². The number of fused-ring (bicyclic) bond motifs is 1. The largest absolute Gasteiger partial charge is 0.452 e. The van der Waals surface area contributed by atoms with Crippen molar-refractivity contribution in [2.75, 3.05) is 32.8 Å². The molecule has 156 valence electrons. The number of esters is 1. The highest BCUT2D eigenvalue weighted by atomic mass is 19.1. The number of ether oxygens (including phenoxy) is 1. The van der Waals surface area contributed by atoms with Gasteiger partial charge in [-0.1, -0.05) is 36.4 Å². The van der Waals surface area contributed by atoms with Gasteiger partial charge in [0.1, 0.15) is 5.82 Å². The third-order valence-electron chi connectivity index (χ3n) is 5.52. The van der Waals surface area contributed by atoms with Gasteiger partial charge in [0.25, 0.3) is 5.91 Å². The van der Waals surface area contributed by atoms with Crippen molar-refractivity contribution < 1.29 is 18.7 Å². The number of carbonyl (C=O) groups is 2. The van der Waals surface area contributed by atoms with Crippen LogP contribution in [-0.2, 0) is 23.1 Å². The number of halogens is 1. The maximum absolute atomic E-state index is 13.8. The Balaban J connectivity index is 1.29. The third kappa shape index (κ3) is 4.21. The second kappa shape index (κ2) is 8.67. The van der Waals surface area contributed by atoms with E-state index in [1.807, 2.05) is 41.9 Å². The molecule has 3 aromatic rings. The van der Waals surface area contributed by atoms with Crippen LogP contribution in [0.15, 0.2) is 54.7 Å². The summed E-state index contributed by atoms with van der Waals surface area (Å²) in [5.74, 6) is -0.927. The monoisotopic (exact) mass is 409 g/mol. The SMILES string of the molecule is Cn1cc(C(=O)OCC(=O)N2CCN(Cc3ccccc3F)CC2)c2ccccc21. The molecule has 0 spiro atoms. The van der Waals surface area contributed by atoms with Gasteiger partial charge in [-0.15, -0.1) is 0 Å². The van der Waals surface area contributed by atoms with Crippen LogP contribution in [0.5, 0.6) is 0 Å². The molecule has 1 aliphatic heterocycles. The van der Waals surface area contributed by atoms with Crippen molar-refractivity contribution in [1.29, 1.82) is 0 Å². The van der Waals surface area contributed by atoms with Crippen LogP contribution in [-0.4, -0.2) is 59.0 Å². The number of piperazine rings is 1. The minimum atomic E-state index is -0.502. The van der Waals surface area contributed by atoms with Gasteiger partial charge < -0.3 is 14.2 Å². The Hall–Kier alpha value is -3.19. The number of carbonyl (C=O) groups excluding carboxylic acids is 2. The molecule has 1 saturated heterocycles. The highest BCUT2D eigenvalue weighted by Crippen LogP contribution is 2.21. The van der Waals surface area contributed by atoms with Crippen LogP contribution in [0.25, 0.3) is 10.9 Å². The molecule has 0 unspecified atom stereocenters. The zero-order valence-corrected chi connectivity index (χ0v) is 16.9. The molecule has 2 aromatic carbocycles. The molecule has 0 radical (unpaired) electrons. The molecule has 2 heterocycles. The van der Waals surface area contributed by atoms with Crippen molar-refractivity contribution in [2.24, 2.45) is 7.05 Å². The molecule has 0 atom stereocenters. The number of rotatable bonds is 5. The lowest BCUT2D eigenvalue weighted by molar-refractivity contribution is -0.136. The molecular weight excluding hydrogens is 385 g/mol. The van der Waals surface area contributed by atoms with E-state index in [4.69, 9.17) is 4.74 Å². The molecule has 1 aliphatic rings. The zero-order chi connectivity index (χ0) is 21.1. The number of benzene rings is 2. The van der Waals surface area contributed by atoms with Crippen LogP contribution in [0.1, 0.15) is 15.9 Å². The lowest BCUT2D eigenvalue weighted by atomic mass is 10.2. The van der Waals surface area contributed by atoms with E-state index in [2.05, 4.69) is 4.90 Å². The number of hydrogen-bond acceptors (Lipinski definition) is 4. The van der Waals surface area contributed by atoms with Crippen molar-refractivity contribution >= 4 is 22.8 Å². The summed E-state index contributed by atoms with van der Waals surface area (Å²) in [5, 5.41) is 0.805. The predicted octanol–water partition coefficient (Wildman–Crippen LogP) is 2.82. The summed E-state index contributed by atoms with van der Waals surface area (Å²) in [5.41, 5.74) is 2.04. The summed E-state index contributed by atoms with van der Waals surface area (Å²) >= 11 is 0. The van der Waals surface area contributed by atoms with Crippen LogP contribution in [0, 0.1) is 5.82 Å². The molecule has 1 aromatic heterocycles. The van der Waals surface area contributed by atoms with Gasteiger partial charge in [-0.05, 0) is 12.1 Å². The molecule has 30 heavy (non-hydrogen) atoms. The zero-order valence-electron chi connectivity index (χ0n) is 16.9. The highest BCUT2D eigenvalue weighted by Gasteiger charge is 2.23. The van der Waals surface area contributed by atoms with Crippen molar-refractivity contribution in [3.63, 3.8) is 0 Å². The van der Waals surface area contributed by atoms with Gasteiger partial charge in [0, 0.05) is 62.4 Å². The standard InChI is InChI=1S/C23H24FN3O3/c1-25-15-19(18-7-3-5-9-21(18)25)23(29)30-16-22(28)27-12-10-26(11-13-27)14-17-6-2-4-8-20(17)24/h2-9,15H,10-14,16H2,1H3. The maximum atomic E-state index is 13.8. The lowest BCUT2D eigenvalue weighted by Gasteiger charge is -2.34. The fourth-order valence-corrected chi connectivity index (χ4v) is 3.82. The van der Waals surface area contributed by atoms with E-state index in [0.29, 0.717) is 43.9 Å². The van der Waals surface area contributed by atoms with Crippen molar-refractivity contribution in [3.05, 3.63) is 71.7 Å². The Labute approximate surface area is 174 Å². The quantitative estimate of drug-likeness (QED) is 0.608. The third-order valence-corrected chi connectivity index (χ3v) is 5.52. The predicted molar refractivity (Wildman–Crippen MR) is 111 cm³/mol. The van der Waals surface area contributed by atoms with Gasteiger partial charge in [0.15, 0.2) is 6.61 Å². The molecule has 6 nitrogen and oxygen atoms in total. The van der Waals surface area contributed by atoms with Crippen molar-refractivity contribution in [3.8, 4) is 0 Å². The second-order valence-corrected chi connectivity index (χ2v) is 7.50. The van der Waals surface area contributed by atoms with Crippen LogP contribution in [0.4, 0.5) is 4.39 Å². The first-order valence-electron chi connectivity index (χ1n) is 9.97. The Bertz CT molecular complexity index is 1070. The first-order chi connectivity index (χ1) is 14.5. The number of amides is 1. The topological polar surface area (TPSA) is 54.8 Å². The van der Waals surface area contributed by atoms with E-state index >= 15 is 0 Å². The van der Waals surface area contributed by atoms with Crippen LogP contribution in [0.3, 0.4) is 0 Å². The first kappa shape index (κ1) is 20.1. The fraction of sp³-hybridized carbons (Fsp3) is 0.304. The summed E-state index contributed by atoms with van der Waals surface area (Å²) in [6, 6.07) is 14.3. The minimum Gasteiger partial charge on any atom is -0.452 e. The van der Waals surface area contributed by atoms with Gasteiger partial charge in [0.05, 0.1) is 5.56 Å². The average Bonchev–Trinajstić information content (AvgIpc) is 3.11. The smallest absolute Gasteiger partial charge is 0.340 e. The van der Waals surface area contributed by atoms with Gasteiger partial charge in [-0.3, -0.25) is 9.69 Å². The molecule has 4 rings (SSSR count). The number of para-hydroxylation sites is 1. The van der Waals surface area contributed by atoms with Crippen LogP contribution in [0.2, 0.25) is 0 Å². The molecule has 0 saturated carbocycles. The summed E-state index contributed by atoms with van der Waals surface area (Å²) in [6.45, 7) is 2.59. The Morgan fingerprint density at radius 2 is 1.70 bits per heavy atom. The fourth-order valence-electron chi connectivity index (χ4n) is 3.82. The van der Waals surface area contributed by atoms with Crippen molar-refractivity contribution in [2.45, 2.75) is 6.54 Å². The second-order valence-electron chi connectivity index (χ2n) is 7.50. The van der Waals surface area contributed by atoms with E-state index in [1.54, 1.807) is 23.2 Å². The number of nitrogens with zero attached hydrogens (tertiary/aromatic N) is 3. The Morgan fingerprint density at radius 3 is 2.47 bits per heavy atom. The van der Waals surface area contributed by atoms with E-state index < -0.39 is 5.97 Å². The number of hydrogen-bond donors (Lipinski definition) is 0. The molecule has 0 N–H and O–H groups in total. The summed E-state index contributed by atoms with van der Waals surface area (Å²) < 4.78 is 21.0. The van der Waals surface area contributed by atoms with Crippen molar-refractivity contribution in [1.82, 2.24) is 14.4 Å². The summed E-state index contributed by atoms with van der Waals surface area (Å²) in [6.07, 6.45) is 1.72. The van der Waals surface area contributed by atoms with Crippen LogP contribution < -0.4 is 0 Å². The molecule has 1 amide bonds. The normalized spacial score (nSPS) is 14.8.